The molecule has 4 N–H and O–H groups in total. The fraction of sp³-hybridized carbons (Fsp3) is 0.115. The number of pyridine rings is 1. The Balaban J connectivity index is 1.74. The number of nitrogens with zero attached hydrogens (tertiary/aromatic N) is 3. The summed E-state index contributed by atoms with van der Waals surface area (Å²) in [6.07, 6.45) is 0.622. The van der Waals surface area contributed by atoms with E-state index < -0.39 is 17.8 Å². The Morgan fingerprint density at radius 1 is 1.09 bits per heavy atom. The van der Waals surface area contributed by atoms with Gasteiger partial charge in [-0.05, 0) is 24.3 Å². The van der Waals surface area contributed by atoms with Gasteiger partial charge >= 0.3 is 0 Å². The number of methoxy groups -OCH3 is 1. The molecule has 0 bridgehead atoms. The first-order valence-electron chi connectivity index (χ1n) is 10.8. The molecule has 0 radical (unpaired) electrons. The number of ether oxygens (including phenoxy) is 2. The van der Waals surface area contributed by atoms with E-state index in [-0.39, 0.29) is 5.75 Å². The highest BCUT2D eigenvalue weighted by atomic mass is 19.1. The lowest BCUT2D eigenvalue weighted by Gasteiger charge is -2.19. The number of aryl methyl sites for hydroxylation is 1. The zero-order valence-electron chi connectivity index (χ0n) is 19.0. The second-order valence-electron chi connectivity index (χ2n) is 8.06. The average Bonchev–Trinajstić information content (AvgIpc) is 3.18. The van der Waals surface area contributed by atoms with Crippen molar-refractivity contribution in [2.24, 2.45) is 12.8 Å². The zero-order valence-corrected chi connectivity index (χ0v) is 19.0. The van der Waals surface area contributed by atoms with Gasteiger partial charge in [-0.3, -0.25) is 14.5 Å². The molecule has 1 unspecified atom stereocenters. The number of nitrogen functional groups attached to an aromatic ring is 1. The number of anilines is 1. The van der Waals surface area contributed by atoms with Gasteiger partial charge in [-0.25, -0.2) is 4.39 Å². The molecule has 3 aromatic carbocycles. The highest BCUT2D eigenvalue weighted by Crippen LogP contribution is 2.40. The molecule has 5 rings (SSSR count). The summed E-state index contributed by atoms with van der Waals surface area (Å²) in [6, 6.07) is 16.8. The van der Waals surface area contributed by atoms with Gasteiger partial charge in [0, 0.05) is 40.7 Å². The number of benzene rings is 3. The molecule has 2 aromatic heterocycles. The maximum atomic E-state index is 14.9. The second kappa shape index (κ2) is 8.60. The Kier molecular flexibility index (Phi) is 5.44. The van der Waals surface area contributed by atoms with E-state index in [0.717, 1.165) is 0 Å². The fourth-order valence-corrected chi connectivity index (χ4v) is 4.15. The fourth-order valence-electron chi connectivity index (χ4n) is 4.15. The van der Waals surface area contributed by atoms with E-state index >= 15 is 0 Å². The van der Waals surface area contributed by atoms with Crippen LogP contribution in [-0.2, 0) is 11.8 Å². The van der Waals surface area contributed by atoms with Crippen LogP contribution in [0.5, 0.6) is 11.5 Å². The van der Waals surface area contributed by atoms with Crippen LogP contribution in [0.4, 0.5) is 10.1 Å². The molecule has 0 fully saturated rings. The topological polar surface area (TPSA) is 118 Å². The first kappa shape index (κ1) is 22.1. The number of nitrogens with two attached hydrogens (primary N) is 2. The van der Waals surface area contributed by atoms with Crippen LogP contribution in [0.1, 0.15) is 11.7 Å². The molecule has 0 aliphatic carbocycles. The summed E-state index contributed by atoms with van der Waals surface area (Å²) in [7, 11) is 3.25. The molecule has 0 saturated carbocycles. The number of aromatic nitrogens is 3. The van der Waals surface area contributed by atoms with Crippen LogP contribution in [0.3, 0.4) is 0 Å². The van der Waals surface area contributed by atoms with Crippen LogP contribution < -0.4 is 20.9 Å². The molecular formula is C26H22FN5O3. The SMILES string of the molecule is COc1cc2ncc3c(c(-c4ccc(N)cc4F)nn3C)c2cc1OC(C(N)=O)c1ccccc1. The zero-order chi connectivity index (χ0) is 24.7. The monoisotopic (exact) mass is 471 g/mol. The third-order valence-electron chi connectivity index (χ3n) is 5.82. The number of hydrogen-bond donors (Lipinski definition) is 2. The number of hydrogen-bond acceptors (Lipinski definition) is 6. The number of fused-ring (bicyclic) bond motifs is 3. The van der Waals surface area contributed by atoms with Crippen LogP contribution in [0.25, 0.3) is 33.1 Å². The van der Waals surface area contributed by atoms with Crippen LogP contribution in [0.15, 0.2) is 66.9 Å². The predicted octanol–water partition coefficient (Wildman–Crippen LogP) is 4.12. The maximum Gasteiger partial charge on any atom is 0.263 e. The smallest absolute Gasteiger partial charge is 0.263 e. The summed E-state index contributed by atoms with van der Waals surface area (Å²) in [5, 5.41) is 5.88. The molecular weight excluding hydrogens is 449 g/mol. The second-order valence-corrected chi connectivity index (χ2v) is 8.06. The quantitative estimate of drug-likeness (QED) is 0.360. The van der Waals surface area contributed by atoms with Crippen molar-refractivity contribution in [2.45, 2.75) is 6.10 Å². The highest BCUT2D eigenvalue weighted by Gasteiger charge is 2.24. The third kappa shape index (κ3) is 3.86. The molecule has 1 atom stereocenters. The summed E-state index contributed by atoms with van der Waals surface area (Å²) in [4.78, 5) is 16.8. The molecule has 0 aliphatic rings. The van der Waals surface area contributed by atoms with Crippen molar-refractivity contribution < 1.29 is 18.7 Å². The number of primary amides is 1. The van der Waals surface area contributed by atoms with E-state index in [1.807, 2.05) is 6.07 Å². The molecule has 8 nitrogen and oxygen atoms in total. The summed E-state index contributed by atoms with van der Waals surface area (Å²) in [5.74, 6) is -0.483. The minimum Gasteiger partial charge on any atom is -0.493 e. The number of carbonyl (C=O) groups excluding carboxylic acids is 1. The molecule has 35 heavy (non-hydrogen) atoms. The molecule has 1 amide bonds. The summed E-state index contributed by atoms with van der Waals surface area (Å²) < 4.78 is 28.1. The Morgan fingerprint density at radius 2 is 1.86 bits per heavy atom. The number of amides is 1. The highest BCUT2D eigenvalue weighted by molar-refractivity contribution is 6.12. The summed E-state index contributed by atoms with van der Waals surface area (Å²) in [5.41, 5.74) is 14.3. The number of carbonyl (C=O) groups is 1. The Morgan fingerprint density at radius 3 is 2.54 bits per heavy atom. The lowest BCUT2D eigenvalue weighted by molar-refractivity contribution is -0.125. The maximum absolute atomic E-state index is 14.9. The number of rotatable bonds is 6. The van der Waals surface area contributed by atoms with Crippen molar-refractivity contribution in [3.8, 4) is 22.8 Å². The van der Waals surface area contributed by atoms with Gasteiger partial charge in [-0.15, -0.1) is 0 Å². The normalized spacial score (nSPS) is 12.1. The molecule has 9 heteroatoms. The molecule has 5 aromatic rings. The van der Waals surface area contributed by atoms with E-state index in [1.165, 1.54) is 13.2 Å². The van der Waals surface area contributed by atoms with Gasteiger partial charge in [0.1, 0.15) is 11.5 Å². The van der Waals surface area contributed by atoms with E-state index in [9.17, 15) is 9.18 Å². The van der Waals surface area contributed by atoms with E-state index in [1.54, 1.807) is 66.5 Å². The molecule has 0 spiro atoms. The van der Waals surface area contributed by atoms with Gasteiger partial charge in [-0.2, -0.15) is 5.10 Å². The average molecular weight is 471 g/mol. The van der Waals surface area contributed by atoms with Crippen molar-refractivity contribution in [1.29, 1.82) is 0 Å². The molecule has 0 saturated heterocycles. The van der Waals surface area contributed by atoms with Gasteiger partial charge in [0.15, 0.2) is 11.5 Å². The lowest BCUT2D eigenvalue weighted by Crippen LogP contribution is -2.26. The Hall–Kier alpha value is -4.66. The Labute approximate surface area is 199 Å². The van der Waals surface area contributed by atoms with E-state index in [2.05, 4.69) is 10.1 Å². The van der Waals surface area contributed by atoms with Crippen LogP contribution in [-0.4, -0.2) is 27.8 Å². The van der Waals surface area contributed by atoms with Gasteiger partial charge in [0.25, 0.3) is 5.91 Å². The van der Waals surface area contributed by atoms with Crippen molar-refractivity contribution in [3.63, 3.8) is 0 Å². The summed E-state index contributed by atoms with van der Waals surface area (Å²) in [6.45, 7) is 0. The lowest BCUT2D eigenvalue weighted by atomic mass is 10.0. The van der Waals surface area contributed by atoms with Crippen LogP contribution in [0.2, 0.25) is 0 Å². The predicted molar refractivity (Wildman–Crippen MR) is 131 cm³/mol. The standard InChI is InChI=1S/C26H22FN5O3/c1-32-20-13-30-19-12-21(34-2)22(35-25(26(29)33)14-6-4-3-5-7-14)11-17(19)23(20)24(31-32)16-9-8-15(28)10-18(16)27/h3-13,25H,28H2,1-2H3,(H2,29,33). The Bertz CT molecular complexity index is 1580. The van der Waals surface area contributed by atoms with Gasteiger partial charge in [-0.1, -0.05) is 30.3 Å². The first-order chi connectivity index (χ1) is 16.9. The molecule has 176 valence electrons. The van der Waals surface area contributed by atoms with E-state index in [4.69, 9.17) is 20.9 Å². The molecule has 0 aliphatic heterocycles. The number of halogens is 1. The van der Waals surface area contributed by atoms with Gasteiger partial charge in [0.2, 0.25) is 6.10 Å². The minimum atomic E-state index is -1.04. The van der Waals surface area contributed by atoms with Crippen molar-refractivity contribution in [2.75, 3.05) is 12.8 Å². The van der Waals surface area contributed by atoms with E-state index in [0.29, 0.717) is 50.1 Å². The van der Waals surface area contributed by atoms with Crippen molar-refractivity contribution in [3.05, 3.63) is 78.2 Å². The van der Waals surface area contributed by atoms with Crippen molar-refractivity contribution in [1.82, 2.24) is 14.8 Å². The van der Waals surface area contributed by atoms with Gasteiger partial charge in [0.05, 0.1) is 24.3 Å². The first-order valence-corrected chi connectivity index (χ1v) is 10.8. The largest absolute Gasteiger partial charge is 0.493 e. The molecule has 2 heterocycles. The van der Waals surface area contributed by atoms with Gasteiger partial charge < -0.3 is 20.9 Å². The van der Waals surface area contributed by atoms with Crippen molar-refractivity contribution >= 4 is 33.4 Å². The third-order valence-corrected chi connectivity index (χ3v) is 5.82. The van der Waals surface area contributed by atoms with Crippen LogP contribution in [0, 0.1) is 5.82 Å². The minimum absolute atomic E-state index is 0.287. The summed E-state index contributed by atoms with van der Waals surface area (Å²) >= 11 is 0. The van der Waals surface area contributed by atoms with Crippen LogP contribution >= 0.6 is 0 Å².